The van der Waals surface area contributed by atoms with Crippen LogP contribution in [0.3, 0.4) is 0 Å². The van der Waals surface area contributed by atoms with Crippen molar-refractivity contribution < 1.29 is 18.3 Å². The van der Waals surface area contributed by atoms with Crippen molar-refractivity contribution in [2.45, 2.75) is 31.3 Å². The lowest BCUT2D eigenvalue weighted by atomic mass is 9.97. The zero-order chi connectivity index (χ0) is 17.5. The molecule has 1 N–H and O–H groups in total. The van der Waals surface area contributed by atoms with E-state index in [1.807, 2.05) is 4.90 Å². The number of halogens is 4. The molecule has 2 atom stereocenters. The second-order valence-corrected chi connectivity index (χ2v) is 6.36. The highest BCUT2D eigenvalue weighted by Crippen LogP contribution is 2.40. The molecule has 8 heteroatoms. The average Bonchev–Trinajstić information content (AvgIpc) is 3.04. The average molecular weight is 360 g/mol. The summed E-state index contributed by atoms with van der Waals surface area (Å²) in [4.78, 5) is 6.00. The van der Waals surface area contributed by atoms with Crippen molar-refractivity contribution in [3.63, 3.8) is 0 Å². The lowest BCUT2D eigenvalue weighted by Crippen LogP contribution is -2.27. The number of hydrogen-bond donors (Lipinski definition) is 1. The van der Waals surface area contributed by atoms with Gasteiger partial charge in [0.05, 0.1) is 24.4 Å². The normalized spacial score (nSPS) is 22.2. The summed E-state index contributed by atoms with van der Waals surface area (Å²) in [6, 6.07) is 5.00. The standard InChI is InChI=1S/C16H17ClF3N3O/c1-22-14(17)7-21-15(22)9-23-8-10(24)6-13(23)11-4-2-3-5-12(11)16(18,19)20/h2-5,7,10,13,24H,6,8-9H2,1H3/t10-,13-/m1/s1. The predicted molar refractivity (Wildman–Crippen MR) is 83.4 cm³/mol. The van der Waals surface area contributed by atoms with Gasteiger partial charge in [0.2, 0.25) is 0 Å². The Morgan fingerprint density at radius 2 is 2.04 bits per heavy atom. The molecular weight excluding hydrogens is 343 g/mol. The summed E-state index contributed by atoms with van der Waals surface area (Å²) in [6.45, 7) is 0.610. The van der Waals surface area contributed by atoms with Gasteiger partial charge in [0, 0.05) is 19.6 Å². The quantitative estimate of drug-likeness (QED) is 0.913. The number of hydrogen-bond acceptors (Lipinski definition) is 3. The van der Waals surface area contributed by atoms with Gasteiger partial charge >= 0.3 is 6.18 Å². The van der Waals surface area contributed by atoms with E-state index in [2.05, 4.69) is 4.98 Å². The molecule has 0 spiro atoms. The predicted octanol–water partition coefficient (Wildman–Crippen LogP) is 3.40. The molecule has 0 radical (unpaired) electrons. The zero-order valence-electron chi connectivity index (χ0n) is 13.0. The van der Waals surface area contributed by atoms with Crippen LogP contribution in [0.1, 0.15) is 29.4 Å². The van der Waals surface area contributed by atoms with Gasteiger partial charge in [0.25, 0.3) is 0 Å². The van der Waals surface area contributed by atoms with Crippen LogP contribution in [0.15, 0.2) is 30.5 Å². The molecule has 1 aromatic carbocycles. The maximum absolute atomic E-state index is 13.3. The van der Waals surface area contributed by atoms with Crippen LogP contribution < -0.4 is 0 Å². The highest BCUT2D eigenvalue weighted by Gasteiger charge is 2.40. The van der Waals surface area contributed by atoms with Gasteiger partial charge in [-0.15, -0.1) is 0 Å². The minimum atomic E-state index is -4.43. The molecule has 0 aliphatic carbocycles. The van der Waals surface area contributed by atoms with Crippen molar-refractivity contribution in [1.82, 2.24) is 14.5 Å². The minimum Gasteiger partial charge on any atom is -0.392 e. The van der Waals surface area contributed by atoms with Crippen molar-refractivity contribution >= 4 is 11.6 Å². The molecule has 1 aliphatic heterocycles. The molecule has 1 fully saturated rings. The fourth-order valence-corrected chi connectivity index (χ4v) is 3.32. The zero-order valence-corrected chi connectivity index (χ0v) is 13.7. The number of imidazole rings is 1. The number of likely N-dealkylation sites (tertiary alicyclic amines) is 1. The van der Waals surface area contributed by atoms with Gasteiger partial charge in [-0.1, -0.05) is 29.8 Å². The molecule has 3 rings (SSSR count). The third-order valence-electron chi connectivity index (χ3n) is 4.38. The largest absolute Gasteiger partial charge is 0.416 e. The summed E-state index contributed by atoms with van der Waals surface area (Å²) in [5, 5.41) is 10.5. The first-order chi connectivity index (χ1) is 11.3. The summed E-state index contributed by atoms with van der Waals surface area (Å²) >= 11 is 5.97. The van der Waals surface area contributed by atoms with E-state index in [1.165, 1.54) is 18.3 Å². The van der Waals surface area contributed by atoms with Crippen molar-refractivity contribution in [2.24, 2.45) is 7.05 Å². The summed E-state index contributed by atoms with van der Waals surface area (Å²) in [7, 11) is 1.75. The molecule has 0 amide bonds. The van der Waals surface area contributed by atoms with E-state index in [4.69, 9.17) is 11.6 Å². The van der Waals surface area contributed by atoms with Crippen molar-refractivity contribution in [3.05, 3.63) is 52.6 Å². The van der Waals surface area contributed by atoms with Gasteiger partial charge in [-0.3, -0.25) is 4.90 Å². The maximum atomic E-state index is 13.3. The Morgan fingerprint density at radius 3 is 2.67 bits per heavy atom. The van der Waals surface area contributed by atoms with Crippen LogP contribution in [0.2, 0.25) is 5.15 Å². The van der Waals surface area contributed by atoms with Crippen molar-refractivity contribution in [3.8, 4) is 0 Å². The van der Waals surface area contributed by atoms with Gasteiger partial charge < -0.3 is 9.67 Å². The van der Waals surface area contributed by atoms with Gasteiger partial charge in [0.1, 0.15) is 11.0 Å². The molecule has 1 aromatic heterocycles. The molecule has 24 heavy (non-hydrogen) atoms. The van der Waals surface area contributed by atoms with Crippen molar-refractivity contribution in [1.29, 1.82) is 0 Å². The highest BCUT2D eigenvalue weighted by molar-refractivity contribution is 6.29. The molecule has 0 saturated carbocycles. The summed E-state index contributed by atoms with van der Waals surface area (Å²) in [6.07, 6.45) is -3.35. The molecule has 2 aromatic rings. The van der Waals surface area contributed by atoms with Gasteiger partial charge in [0.15, 0.2) is 0 Å². The van der Waals surface area contributed by atoms with Crippen LogP contribution >= 0.6 is 11.6 Å². The summed E-state index contributed by atoms with van der Waals surface area (Å²) < 4.78 is 41.6. The fourth-order valence-electron chi connectivity index (χ4n) is 3.18. The van der Waals surface area contributed by atoms with Gasteiger partial charge in [-0.05, 0) is 18.1 Å². The number of rotatable bonds is 3. The van der Waals surface area contributed by atoms with E-state index >= 15 is 0 Å². The third-order valence-corrected chi connectivity index (χ3v) is 4.73. The van der Waals surface area contributed by atoms with E-state index in [0.717, 1.165) is 6.07 Å². The molecule has 2 heterocycles. The second-order valence-electron chi connectivity index (χ2n) is 5.98. The Morgan fingerprint density at radius 1 is 1.33 bits per heavy atom. The monoisotopic (exact) mass is 359 g/mol. The number of nitrogens with zero attached hydrogens (tertiary/aromatic N) is 3. The number of benzene rings is 1. The Labute approximate surface area is 142 Å². The van der Waals surface area contributed by atoms with Crippen LogP contribution in [-0.2, 0) is 19.8 Å². The van der Waals surface area contributed by atoms with E-state index in [0.29, 0.717) is 24.1 Å². The molecule has 1 aliphatic rings. The SMILES string of the molecule is Cn1c(Cl)cnc1CN1C[C@H](O)C[C@@H]1c1ccccc1C(F)(F)F. The number of aliphatic hydroxyl groups is 1. The van der Waals surface area contributed by atoms with Crippen LogP contribution in [0, 0.1) is 0 Å². The van der Waals surface area contributed by atoms with E-state index < -0.39 is 23.9 Å². The second kappa shape index (κ2) is 6.38. The molecule has 1 saturated heterocycles. The summed E-state index contributed by atoms with van der Waals surface area (Å²) in [5.41, 5.74) is -0.478. The topological polar surface area (TPSA) is 41.3 Å². The first kappa shape index (κ1) is 17.3. The Kier molecular flexibility index (Phi) is 4.59. The molecule has 0 bridgehead atoms. The van der Waals surface area contributed by atoms with E-state index in [1.54, 1.807) is 17.7 Å². The first-order valence-electron chi connectivity index (χ1n) is 7.51. The number of aliphatic hydroxyl groups excluding tert-OH is 1. The van der Waals surface area contributed by atoms with Crippen LogP contribution in [0.25, 0.3) is 0 Å². The van der Waals surface area contributed by atoms with E-state index in [-0.39, 0.29) is 12.0 Å². The lowest BCUT2D eigenvalue weighted by molar-refractivity contribution is -0.138. The smallest absolute Gasteiger partial charge is 0.392 e. The van der Waals surface area contributed by atoms with Gasteiger partial charge in [-0.25, -0.2) is 4.98 Å². The Hall–Kier alpha value is -1.57. The third kappa shape index (κ3) is 3.29. The fraction of sp³-hybridized carbons (Fsp3) is 0.438. The summed E-state index contributed by atoms with van der Waals surface area (Å²) in [5.74, 6) is 0.642. The van der Waals surface area contributed by atoms with Crippen LogP contribution in [0.5, 0.6) is 0 Å². The first-order valence-corrected chi connectivity index (χ1v) is 7.89. The van der Waals surface area contributed by atoms with E-state index in [9.17, 15) is 18.3 Å². The number of aromatic nitrogens is 2. The number of alkyl halides is 3. The lowest BCUT2D eigenvalue weighted by Gasteiger charge is -2.26. The molecule has 0 unspecified atom stereocenters. The van der Waals surface area contributed by atoms with Gasteiger partial charge in [-0.2, -0.15) is 13.2 Å². The Balaban J connectivity index is 1.93. The van der Waals surface area contributed by atoms with Crippen LogP contribution in [-0.4, -0.2) is 32.2 Å². The molecule has 4 nitrogen and oxygen atoms in total. The van der Waals surface area contributed by atoms with Crippen LogP contribution in [0.4, 0.5) is 13.2 Å². The highest BCUT2D eigenvalue weighted by atomic mass is 35.5. The molecular formula is C16H17ClF3N3O. The van der Waals surface area contributed by atoms with Crippen molar-refractivity contribution in [2.75, 3.05) is 6.54 Å². The minimum absolute atomic E-state index is 0.182. The molecule has 130 valence electrons. The Bertz CT molecular complexity index is 732. The number of β-amino-alcohol motifs (C(OH)–C–C–N with tert-alkyl or cyclic N) is 1. The maximum Gasteiger partial charge on any atom is 0.416 e.